The van der Waals surface area contributed by atoms with E-state index in [1.54, 1.807) is 0 Å². The van der Waals surface area contributed by atoms with Gasteiger partial charge in [-0.05, 0) is 32.6 Å². The molecule has 0 radical (unpaired) electrons. The maximum atomic E-state index is 12.0. The normalized spacial score (nSPS) is 20.1. The summed E-state index contributed by atoms with van der Waals surface area (Å²) in [6.45, 7) is 2.34. The van der Waals surface area contributed by atoms with Gasteiger partial charge in [0.2, 0.25) is 5.91 Å². The zero-order valence-corrected chi connectivity index (χ0v) is 11.1. The maximum Gasteiger partial charge on any atom is 0.318 e. The number of urea groups is 1. The molecule has 108 valence electrons. The highest BCUT2D eigenvalue weighted by Gasteiger charge is 2.32. The number of hydrogen-bond donors (Lipinski definition) is 3. The second-order valence-corrected chi connectivity index (χ2v) is 4.89. The average molecular weight is 271 g/mol. The molecule has 0 spiro atoms. The first-order valence-electron chi connectivity index (χ1n) is 6.50. The number of aliphatic carboxylic acids is 1. The molecule has 4 N–H and O–H groups in total. The van der Waals surface area contributed by atoms with Crippen LogP contribution in [-0.4, -0.2) is 46.5 Å². The van der Waals surface area contributed by atoms with Gasteiger partial charge in [-0.3, -0.25) is 9.59 Å². The molecule has 0 aromatic heterocycles. The van der Waals surface area contributed by atoms with Crippen molar-refractivity contribution in [1.82, 2.24) is 10.2 Å². The first kappa shape index (κ1) is 15.3. The molecule has 7 nitrogen and oxygen atoms in total. The molecule has 2 unspecified atom stereocenters. The van der Waals surface area contributed by atoms with Crippen molar-refractivity contribution in [3.63, 3.8) is 0 Å². The molecule has 7 heteroatoms. The van der Waals surface area contributed by atoms with Crippen LogP contribution in [0, 0.1) is 0 Å². The van der Waals surface area contributed by atoms with E-state index in [1.165, 1.54) is 4.90 Å². The minimum atomic E-state index is -0.841. The summed E-state index contributed by atoms with van der Waals surface area (Å²) in [5, 5.41) is 11.3. The molecule has 3 amide bonds. The number of nitrogens with zero attached hydrogens (tertiary/aromatic N) is 1. The molecular weight excluding hydrogens is 250 g/mol. The van der Waals surface area contributed by atoms with Crippen LogP contribution in [0.5, 0.6) is 0 Å². The van der Waals surface area contributed by atoms with E-state index in [4.69, 9.17) is 10.8 Å². The number of rotatable bonds is 6. The molecule has 1 rings (SSSR count). The van der Waals surface area contributed by atoms with Crippen LogP contribution in [0.4, 0.5) is 4.79 Å². The van der Waals surface area contributed by atoms with E-state index in [2.05, 4.69) is 5.32 Å². The van der Waals surface area contributed by atoms with E-state index in [0.29, 0.717) is 25.8 Å². The predicted molar refractivity (Wildman–Crippen MR) is 68.4 cm³/mol. The lowest BCUT2D eigenvalue weighted by Gasteiger charge is -2.24. The van der Waals surface area contributed by atoms with E-state index in [0.717, 1.165) is 6.42 Å². The lowest BCUT2D eigenvalue weighted by atomic mass is 10.1. The Kier molecular flexibility index (Phi) is 5.59. The Hall–Kier alpha value is -1.79. The van der Waals surface area contributed by atoms with Gasteiger partial charge in [-0.25, -0.2) is 4.79 Å². The molecule has 1 fully saturated rings. The molecule has 0 aliphatic carbocycles. The number of carboxylic acids is 1. The highest BCUT2D eigenvalue weighted by Crippen LogP contribution is 2.17. The van der Waals surface area contributed by atoms with Crippen molar-refractivity contribution in [2.75, 3.05) is 6.54 Å². The van der Waals surface area contributed by atoms with Crippen molar-refractivity contribution in [2.45, 2.75) is 51.1 Å². The third-order valence-corrected chi connectivity index (χ3v) is 3.24. The average Bonchev–Trinajstić information content (AvgIpc) is 2.77. The number of likely N-dealkylation sites (tertiary alicyclic amines) is 1. The molecule has 2 atom stereocenters. The summed E-state index contributed by atoms with van der Waals surface area (Å²) in [7, 11) is 0. The smallest absolute Gasteiger partial charge is 0.318 e. The van der Waals surface area contributed by atoms with E-state index < -0.39 is 17.9 Å². The number of amides is 3. The first-order valence-corrected chi connectivity index (χ1v) is 6.50. The molecule has 0 bridgehead atoms. The zero-order chi connectivity index (χ0) is 14.4. The number of carboxylic acid groups (broad SMARTS) is 1. The fraction of sp³-hybridized carbons (Fsp3) is 0.750. The summed E-state index contributed by atoms with van der Waals surface area (Å²) < 4.78 is 0. The molecule has 0 saturated carbocycles. The second-order valence-electron chi connectivity index (χ2n) is 4.89. The van der Waals surface area contributed by atoms with Gasteiger partial charge in [-0.2, -0.15) is 0 Å². The second kappa shape index (κ2) is 6.96. The number of carbonyl (C=O) groups excluding carboxylic acids is 2. The summed E-state index contributed by atoms with van der Waals surface area (Å²) in [6.07, 6.45) is 2.57. The summed E-state index contributed by atoms with van der Waals surface area (Å²) in [5.41, 5.74) is 5.24. The van der Waals surface area contributed by atoms with Crippen molar-refractivity contribution in [3.05, 3.63) is 0 Å². The first-order chi connectivity index (χ1) is 8.91. The Labute approximate surface area is 112 Å². The summed E-state index contributed by atoms with van der Waals surface area (Å²) in [5.74, 6) is -1.32. The standard InChI is InChI=1S/C12H21N3O4/c1-8(4-2-6-10(16)17)14-12(19)15-7-3-5-9(15)11(13)18/h8-9H,2-7H2,1H3,(H2,13,18)(H,14,19)(H,16,17). The van der Waals surface area contributed by atoms with Gasteiger partial charge >= 0.3 is 12.0 Å². The lowest BCUT2D eigenvalue weighted by molar-refractivity contribution is -0.137. The van der Waals surface area contributed by atoms with Gasteiger partial charge in [-0.15, -0.1) is 0 Å². The Balaban J connectivity index is 2.37. The zero-order valence-electron chi connectivity index (χ0n) is 11.1. The van der Waals surface area contributed by atoms with E-state index in [1.807, 2.05) is 6.92 Å². The number of primary amides is 1. The fourth-order valence-electron chi connectivity index (χ4n) is 2.23. The third kappa shape index (κ3) is 4.76. The minimum Gasteiger partial charge on any atom is -0.481 e. The van der Waals surface area contributed by atoms with Crippen LogP contribution in [0.25, 0.3) is 0 Å². The van der Waals surface area contributed by atoms with Crippen LogP contribution < -0.4 is 11.1 Å². The quantitative estimate of drug-likeness (QED) is 0.644. The number of nitrogens with two attached hydrogens (primary N) is 1. The van der Waals surface area contributed by atoms with Crippen molar-refractivity contribution < 1.29 is 19.5 Å². The third-order valence-electron chi connectivity index (χ3n) is 3.24. The van der Waals surface area contributed by atoms with Gasteiger partial charge in [0.1, 0.15) is 6.04 Å². The van der Waals surface area contributed by atoms with Crippen LogP contribution in [0.3, 0.4) is 0 Å². The summed E-state index contributed by atoms with van der Waals surface area (Å²) >= 11 is 0. The monoisotopic (exact) mass is 271 g/mol. The molecule has 1 heterocycles. The highest BCUT2D eigenvalue weighted by molar-refractivity contribution is 5.86. The van der Waals surface area contributed by atoms with Crippen molar-refractivity contribution in [1.29, 1.82) is 0 Å². The Morgan fingerprint density at radius 3 is 2.74 bits per heavy atom. The summed E-state index contributed by atoms with van der Waals surface area (Å²) in [6, 6.07) is -0.948. The van der Waals surface area contributed by atoms with Crippen LogP contribution in [0.15, 0.2) is 0 Å². The molecule has 19 heavy (non-hydrogen) atoms. The van der Waals surface area contributed by atoms with Crippen LogP contribution in [0.1, 0.15) is 39.0 Å². The fourth-order valence-corrected chi connectivity index (χ4v) is 2.23. The van der Waals surface area contributed by atoms with Gasteiger partial charge in [-0.1, -0.05) is 0 Å². The SMILES string of the molecule is CC(CCCC(=O)O)NC(=O)N1CCCC1C(N)=O. The number of nitrogens with one attached hydrogen (secondary N) is 1. The van der Waals surface area contributed by atoms with Gasteiger partial charge in [0, 0.05) is 19.0 Å². The number of hydrogen-bond acceptors (Lipinski definition) is 3. The Morgan fingerprint density at radius 2 is 2.16 bits per heavy atom. The van der Waals surface area contributed by atoms with Gasteiger partial charge in [0.25, 0.3) is 0 Å². The minimum absolute atomic E-state index is 0.0911. The van der Waals surface area contributed by atoms with E-state index >= 15 is 0 Å². The molecule has 0 aromatic carbocycles. The Morgan fingerprint density at radius 1 is 1.47 bits per heavy atom. The highest BCUT2D eigenvalue weighted by atomic mass is 16.4. The van der Waals surface area contributed by atoms with Gasteiger partial charge < -0.3 is 21.1 Å². The molecular formula is C12H21N3O4. The van der Waals surface area contributed by atoms with Crippen LogP contribution >= 0.6 is 0 Å². The van der Waals surface area contributed by atoms with E-state index in [-0.39, 0.29) is 18.5 Å². The largest absolute Gasteiger partial charge is 0.481 e. The van der Waals surface area contributed by atoms with Gasteiger partial charge in [0.15, 0.2) is 0 Å². The molecule has 0 aromatic rings. The summed E-state index contributed by atoms with van der Waals surface area (Å²) in [4.78, 5) is 35.0. The van der Waals surface area contributed by atoms with E-state index in [9.17, 15) is 14.4 Å². The van der Waals surface area contributed by atoms with Crippen LogP contribution in [-0.2, 0) is 9.59 Å². The number of carbonyl (C=O) groups is 3. The van der Waals surface area contributed by atoms with Gasteiger partial charge in [0.05, 0.1) is 0 Å². The molecule has 1 aliphatic heterocycles. The van der Waals surface area contributed by atoms with Crippen LogP contribution in [0.2, 0.25) is 0 Å². The van der Waals surface area contributed by atoms with Crippen molar-refractivity contribution >= 4 is 17.9 Å². The Bertz CT molecular complexity index is 359. The predicted octanol–water partition coefficient (Wildman–Crippen LogP) is 0.289. The van der Waals surface area contributed by atoms with Crippen molar-refractivity contribution in [2.24, 2.45) is 5.73 Å². The van der Waals surface area contributed by atoms with Crippen molar-refractivity contribution in [3.8, 4) is 0 Å². The molecule has 1 saturated heterocycles. The lowest BCUT2D eigenvalue weighted by Crippen LogP contribution is -2.50. The maximum absolute atomic E-state index is 12.0. The topological polar surface area (TPSA) is 113 Å². The molecule has 1 aliphatic rings.